The Morgan fingerprint density at radius 2 is 1.95 bits per heavy atom. The van der Waals surface area contributed by atoms with Crippen LogP contribution in [0.3, 0.4) is 0 Å². The van der Waals surface area contributed by atoms with Gasteiger partial charge in [0.1, 0.15) is 0 Å². The van der Waals surface area contributed by atoms with Crippen LogP contribution >= 0.6 is 0 Å². The molecule has 1 rings (SSSR count). The number of piperazine rings is 1. The van der Waals surface area contributed by atoms with Gasteiger partial charge in [-0.2, -0.15) is 13.2 Å². The Labute approximate surface area is 121 Å². The highest BCUT2D eigenvalue weighted by Crippen LogP contribution is 2.23. The average molecular weight is 294 g/mol. The van der Waals surface area contributed by atoms with Crippen molar-refractivity contribution in [1.29, 1.82) is 0 Å². The highest BCUT2D eigenvalue weighted by molar-refractivity contribution is 4.87. The van der Waals surface area contributed by atoms with Gasteiger partial charge in [0.25, 0.3) is 0 Å². The van der Waals surface area contributed by atoms with Crippen LogP contribution in [0.4, 0.5) is 13.2 Å². The summed E-state index contributed by atoms with van der Waals surface area (Å²) in [7, 11) is 0. The molecular weight excluding hydrogens is 265 g/mol. The third kappa shape index (κ3) is 6.44. The Morgan fingerprint density at radius 3 is 2.50 bits per heavy atom. The summed E-state index contributed by atoms with van der Waals surface area (Å²) >= 11 is 0. The number of hydrogen-bond acceptors (Lipinski definition) is 2. The van der Waals surface area contributed by atoms with Gasteiger partial charge in [-0.3, -0.25) is 4.90 Å². The summed E-state index contributed by atoms with van der Waals surface area (Å²) in [6.07, 6.45) is -1.48. The van der Waals surface area contributed by atoms with Crippen LogP contribution < -0.4 is 5.32 Å². The zero-order valence-corrected chi connectivity index (χ0v) is 13.0. The molecule has 0 amide bonds. The van der Waals surface area contributed by atoms with Gasteiger partial charge in [0.2, 0.25) is 0 Å². The van der Waals surface area contributed by atoms with Crippen LogP contribution in [0, 0.1) is 5.92 Å². The molecule has 0 saturated carbocycles. The van der Waals surface area contributed by atoms with Crippen LogP contribution in [-0.2, 0) is 0 Å². The predicted octanol–water partition coefficient (Wildman–Crippen LogP) is 3.82. The van der Waals surface area contributed by atoms with Crippen molar-refractivity contribution < 1.29 is 13.2 Å². The van der Waals surface area contributed by atoms with Gasteiger partial charge in [-0.15, -0.1) is 0 Å². The van der Waals surface area contributed by atoms with Crippen LogP contribution in [0.1, 0.15) is 52.9 Å². The van der Waals surface area contributed by atoms with Gasteiger partial charge in [-0.1, -0.05) is 27.2 Å². The van der Waals surface area contributed by atoms with Gasteiger partial charge >= 0.3 is 6.18 Å². The lowest BCUT2D eigenvalue weighted by molar-refractivity contribution is -0.135. The minimum absolute atomic E-state index is 0.247. The molecule has 1 saturated heterocycles. The normalized spacial score (nSPS) is 25.4. The molecule has 0 aliphatic carbocycles. The topological polar surface area (TPSA) is 15.3 Å². The number of rotatable bonds is 7. The van der Waals surface area contributed by atoms with Gasteiger partial charge in [-0.25, -0.2) is 0 Å². The molecule has 120 valence electrons. The van der Waals surface area contributed by atoms with E-state index < -0.39 is 12.6 Å². The van der Waals surface area contributed by atoms with E-state index in [2.05, 4.69) is 31.0 Å². The van der Waals surface area contributed by atoms with Crippen LogP contribution in [0.5, 0.6) is 0 Å². The second-order valence-corrected chi connectivity index (χ2v) is 6.27. The molecular formula is C15H29F3N2. The molecule has 0 aromatic rings. The summed E-state index contributed by atoms with van der Waals surface area (Å²) in [5.74, 6) is 0.535. The first kappa shape index (κ1) is 17.8. The third-order valence-electron chi connectivity index (χ3n) is 4.10. The Balaban J connectivity index is 2.40. The number of halogens is 3. The number of alkyl halides is 3. The molecule has 1 N–H and O–H groups in total. The van der Waals surface area contributed by atoms with E-state index in [9.17, 15) is 13.2 Å². The second kappa shape index (κ2) is 8.23. The molecule has 0 spiro atoms. The molecule has 2 nitrogen and oxygen atoms in total. The average Bonchev–Trinajstić information content (AvgIpc) is 2.34. The van der Waals surface area contributed by atoms with E-state index in [1.165, 1.54) is 0 Å². The SMILES string of the molecule is CCCC1CN(CCCCC(F)(F)F)C(C(C)C)CN1. The molecule has 20 heavy (non-hydrogen) atoms. The maximum atomic E-state index is 12.2. The largest absolute Gasteiger partial charge is 0.389 e. The fourth-order valence-corrected chi connectivity index (χ4v) is 3.00. The molecule has 0 bridgehead atoms. The Morgan fingerprint density at radius 1 is 1.25 bits per heavy atom. The maximum absolute atomic E-state index is 12.2. The predicted molar refractivity (Wildman–Crippen MR) is 76.8 cm³/mol. The van der Waals surface area contributed by atoms with Crippen LogP contribution in [0.15, 0.2) is 0 Å². The van der Waals surface area contributed by atoms with Crippen LogP contribution in [-0.4, -0.2) is 42.8 Å². The second-order valence-electron chi connectivity index (χ2n) is 6.27. The summed E-state index contributed by atoms with van der Waals surface area (Å²) in [4.78, 5) is 2.40. The lowest BCUT2D eigenvalue weighted by Gasteiger charge is -2.42. The van der Waals surface area contributed by atoms with Gasteiger partial charge in [0.05, 0.1) is 0 Å². The van der Waals surface area contributed by atoms with Gasteiger partial charge in [0, 0.05) is 31.6 Å². The molecule has 1 aliphatic heterocycles. The number of unbranched alkanes of at least 4 members (excludes halogenated alkanes) is 1. The number of nitrogens with one attached hydrogen (secondary N) is 1. The minimum atomic E-state index is -4.01. The Hall–Kier alpha value is -0.290. The van der Waals surface area contributed by atoms with E-state index >= 15 is 0 Å². The fraction of sp³-hybridized carbons (Fsp3) is 1.00. The quantitative estimate of drug-likeness (QED) is 0.718. The molecule has 5 heteroatoms. The van der Waals surface area contributed by atoms with E-state index in [4.69, 9.17) is 0 Å². The summed E-state index contributed by atoms with van der Waals surface area (Å²) in [5, 5.41) is 3.57. The Kier molecular flexibility index (Phi) is 7.30. The standard InChI is InChI=1S/C15H29F3N2/c1-4-7-13-11-20(14(10-19-13)12(2)3)9-6-5-8-15(16,17)18/h12-14,19H,4-11H2,1-3H3. The van der Waals surface area contributed by atoms with E-state index in [-0.39, 0.29) is 6.42 Å². The van der Waals surface area contributed by atoms with Crippen LogP contribution in [0.25, 0.3) is 0 Å². The van der Waals surface area contributed by atoms with Crippen molar-refractivity contribution in [3.63, 3.8) is 0 Å². The number of hydrogen-bond donors (Lipinski definition) is 1. The van der Waals surface area contributed by atoms with Gasteiger partial charge < -0.3 is 5.32 Å². The highest BCUT2D eigenvalue weighted by Gasteiger charge is 2.30. The van der Waals surface area contributed by atoms with Crippen molar-refractivity contribution in [3.05, 3.63) is 0 Å². The molecule has 0 radical (unpaired) electrons. The first-order valence-electron chi connectivity index (χ1n) is 7.87. The lowest BCUT2D eigenvalue weighted by atomic mass is 9.96. The highest BCUT2D eigenvalue weighted by atomic mass is 19.4. The summed E-state index contributed by atoms with van der Waals surface area (Å²) in [5.41, 5.74) is 0. The van der Waals surface area contributed by atoms with Crippen molar-refractivity contribution >= 4 is 0 Å². The van der Waals surface area contributed by atoms with Crippen molar-refractivity contribution in [3.8, 4) is 0 Å². The summed E-state index contributed by atoms with van der Waals surface area (Å²) < 4.78 is 36.5. The van der Waals surface area contributed by atoms with Gasteiger partial charge in [-0.05, 0) is 31.7 Å². The van der Waals surface area contributed by atoms with Gasteiger partial charge in [0.15, 0.2) is 0 Å². The first-order valence-corrected chi connectivity index (χ1v) is 7.87. The van der Waals surface area contributed by atoms with E-state index in [1.807, 2.05) is 0 Å². The Bertz CT molecular complexity index is 266. The molecule has 1 fully saturated rings. The molecule has 1 aliphatic rings. The number of nitrogens with zero attached hydrogens (tertiary/aromatic N) is 1. The molecule has 2 atom stereocenters. The van der Waals surface area contributed by atoms with Crippen molar-refractivity contribution in [2.75, 3.05) is 19.6 Å². The zero-order valence-electron chi connectivity index (χ0n) is 13.0. The molecule has 0 aromatic heterocycles. The third-order valence-corrected chi connectivity index (χ3v) is 4.10. The van der Waals surface area contributed by atoms with E-state index in [0.717, 1.165) is 32.5 Å². The fourth-order valence-electron chi connectivity index (χ4n) is 3.00. The van der Waals surface area contributed by atoms with Crippen molar-refractivity contribution in [1.82, 2.24) is 10.2 Å². The molecule has 1 heterocycles. The summed E-state index contributed by atoms with van der Waals surface area (Å²) in [6.45, 7) is 9.28. The molecule has 0 aromatic carbocycles. The smallest absolute Gasteiger partial charge is 0.311 e. The lowest BCUT2D eigenvalue weighted by Crippen LogP contribution is -2.58. The van der Waals surface area contributed by atoms with E-state index in [1.54, 1.807) is 0 Å². The first-order chi connectivity index (χ1) is 9.33. The van der Waals surface area contributed by atoms with Crippen LogP contribution in [0.2, 0.25) is 0 Å². The van der Waals surface area contributed by atoms with E-state index in [0.29, 0.717) is 24.4 Å². The minimum Gasteiger partial charge on any atom is -0.311 e. The zero-order chi connectivity index (χ0) is 15.2. The summed E-state index contributed by atoms with van der Waals surface area (Å²) in [6, 6.07) is 0.951. The van der Waals surface area contributed by atoms with Crippen molar-refractivity contribution in [2.45, 2.75) is 71.1 Å². The monoisotopic (exact) mass is 294 g/mol. The maximum Gasteiger partial charge on any atom is 0.389 e. The van der Waals surface area contributed by atoms with Crippen molar-refractivity contribution in [2.24, 2.45) is 5.92 Å². The molecule has 2 unspecified atom stereocenters.